The molecular weight excluding hydrogens is 435 g/mol. The number of alkyl halides is 3. The number of piperidine rings is 1. The van der Waals surface area contributed by atoms with Gasteiger partial charge in [-0.15, -0.1) is 0 Å². The van der Waals surface area contributed by atoms with E-state index in [1.807, 2.05) is 6.92 Å². The maximum Gasteiger partial charge on any atom is 0.516 e. The molecule has 0 bridgehead atoms. The molecule has 1 amide bonds. The SMILES string of the molecule is CCCON=C1C(=O)N(Cc2ccccc2NS(=O)(=O)C(F)(F)F)CCC12CCCC2. The first-order chi connectivity index (χ1) is 14.6. The van der Waals surface area contributed by atoms with Gasteiger partial charge >= 0.3 is 15.5 Å². The first kappa shape index (κ1) is 23.4. The number of oxime groups is 1. The summed E-state index contributed by atoms with van der Waals surface area (Å²) in [6.07, 6.45) is 5.13. The van der Waals surface area contributed by atoms with E-state index in [9.17, 15) is 26.4 Å². The van der Waals surface area contributed by atoms with Crippen LogP contribution < -0.4 is 4.72 Å². The van der Waals surface area contributed by atoms with Crippen LogP contribution in [-0.2, 0) is 26.2 Å². The molecule has 1 saturated heterocycles. The van der Waals surface area contributed by atoms with E-state index in [1.165, 1.54) is 23.1 Å². The number of halogens is 3. The lowest BCUT2D eigenvalue weighted by Crippen LogP contribution is -2.51. The minimum Gasteiger partial charge on any atom is -0.395 e. The second kappa shape index (κ2) is 9.05. The van der Waals surface area contributed by atoms with Crippen LogP contribution in [0.2, 0.25) is 0 Å². The van der Waals surface area contributed by atoms with Crippen molar-refractivity contribution >= 4 is 27.3 Å². The molecule has 1 saturated carbocycles. The van der Waals surface area contributed by atoms with Crippen LogP contribution in [0.5, 0.6) is 0 Å². The van der Waals surface area contributed by atoms with E-state index >= 15 is 0 Å². The number of benzene rings is 1. The molecule has 1 aliphatic carbocycles. The van der Waals surface area contributed by atoms with Crippen LogP contribution in [0, 0.1) is 5.41 Å². The molecule has 0 radical (unpaired) electrons. The van der Waals surface area contributed by atoms with Crippen molar-refractivity contribution in [2.75, 3.05) is 17.9 Å². The standard InChI is InChI=1S/C20H26F3N3O4S/c1-2-13-30-24-17-18(27)26(12-11-19(17)9-5-6-10-19)14-15-7-3-4-8-16(15)25-31(28,29)20(21,22)23/h3-4,7-8,25H,2,5-6,9-14H2,1H3. The Morgan fingerprint density at radius 3 is 2.52 bits per heavy atom. The molecule has 3 rings (SSSR count). The van der Waals surface area contributed by atoms with E-state index in [0.29, 0.717) is 25.3 Å². The minimum absolute atomic E-state index is 0.0434. The lowest BCUT2D eigenvalue weighted by atomic mass is 9.75. The third kappa shape index (κ3) is 4.97. The monoisotopic (exact) mass is 461 g/mol. The second-order valence-electron chi connectivity index (χ2n) is 7.95. The number of rotatable bonds is 7. The molecule has 0 unspecified atom stereocenters. The number of sulfonamides is 1. The molecule has 2 aliphatic rings. The molecule has 1 spiro atoms. The third-order valence-electron chi connectivity index (χ3n) is 5.79. The first-order valence-corrected chi connectivity index (χ1v) is 11.7. The molecule has 0 atom stereocenters. The van der Waals surface area contributed by atoms with Gasteiger partial charge in [-0.25, -0.2) is 0 Å². The molecule has 2 fully saturated rings. The zero-order chi connectivity index (χ0) is 22.7. The summed E-state index contributed by atoms with van der Waals surface area (Å²) in [6, 6.07) is 5.73. The van der Waals surface area contributed by atoms with E-state index in [1.54, 1.807) is 10.8 Å². The quantitative estimate of drug-likeness (QED) is 0.491. The Balaban J connectivity index is 1.84. The molecule has 1 heterocycles. The normalized spacial score (nSPS) is 20.5. The summed E-state index contributed by atoms with van der Waals surface area (Å²) in [5.74, 6) is -0.322. The second-order valence-corrected chi connectivity index (χ2v) is 9.62. The smallest absolute Gasteiger partial charge is 0.395 e. The highest BCUT2D eigenvalue weighted by molar-refractivity contribution is 7.93. The highest BCUT2D eigenvalue weighted by Gasteiger charge is 2.48. The van der Waals surface area contributed by atoms with Gasteiger partial charge in [0.1, 0.15) is 6.61 Å². The van der Waals surface area contributed by atoms with Gasteiger partial charge in [0.05, 0.1) is 5.69 Å². The molecular formula is C20H26F3N3O4S. The number of carbonyl (C=O) groups excluding carboxylic acids is 1. The lowest BCUT2D eigenvalue weighted by Gasteiger charge is -2.39. The topological polar surface area (TPSA) is 88.1 Å². The van der Waals surface area contributed by atoms with Gasteiger partial charge in [-0.3, -0.25) is 9.52 Å². The Morgan fingerprint density at radius 2 is 1.87 bits per heavy atom. The van der Waals surface area contributed by atoms with Crippen LogP contribution in [0.3, 0.4) is 0 Å². The first-order valence-electron chi connectivity index (χ1n) is 10.3. The molecule has 7 nitrogen and oxygen atoms in total. The van der Waals surface area contributed by atoms with Crippen LogP contribution >= 0.6 is 0 Å². The third-order valence-corrected chi connectivity index (χ3v) is 6.89. The molecule has 1 aromatic rings. The summed E-state index contributed by atoms with van der Waals surface area (Å²) >= 11 is 0. The number of likely N-dealkylation sites (tertiary alicyclic amines) is 1. The Morgan fingerprint density at radius 1 is 1.19 bits per heavy atom. The molecule has 1 aromatic carbocycles. The predicted molar refractivity (Wildman–Crippen MR) is 110 cm³/mol. The fourth-order valence-corrected chi connectivity index (χ4v) is 4.74. The Labute approximate surface area is 179 Å². The maximum atomic E-state index is 13.2. The van der Waals surface area contributed by atoms with Crippen molar-refractivity contribution in [1.29, 1.82) is 0 Å². The summed E-state index contributed by atoms with van der Waals surface area (Å²) in [5, 5.41) is 4.16. The molecule has 31 heavy (non-hydrogen) atoms. The molecule has 1 aliphatic heterocycles. The average molecular weight is 462 g/mol. The highest BCUT2D eigenvalue weighted by Crippen LogP contribution is 2.45. The van der Waals surface area contributed by atoms with Crippen molar-refractivity contribution < 1.29 is 31.2 Å². The number of hydrogen-bond donors (Lipinski definition) is 1. The maximum absolute atomic E-state index is 13.2. The van der Waals surface area contributed by atoms with Crippen molar-refractivity contribution in [2.45, 2.75) is 57.5 Å². The van der Waals surface area contributed by atoms with Crippen molar-refractivity contribution in [2.24, 2.45) is 10.6 Å². The fourth-order valence-electron chi connectivity index (χ4n) is 4.14. The number of carbonyl (C=O) groups is 1. The van der Waals surface area contributed by atoms with Gasteiger partial charge < -0.3 is 9.74 Å². The van der Waals surface area contributed by atoms with E-state index < -0.39 is 15.5 Å². The van der Waals surface area contributed by atoms with E-state index in [2.05, 4.69) is 5.16 Å². The summed E-state index contributed by atoms with van der Waals surface area (Å²) < 4.78 is 63.1. The van der Waals surface area contributed by atoms with Crippen molar-refractivity contribution in [3.05, 3.63) is 29.8 Å². The van der Waals surface area contributed by atoms with E-state index in [0.717, 1.165) is 32.1 Å². The van der Waals surface area contributed by atoms with Gasteiger partial charge in [0, 0.05) is 18.5 Å². The summed E-state index contributed by atoms with van der Waals surface area (Å²) in [4.78, 5) is 20.1. The van der Waals surface area contributed by atoms with E-state index in [4.69, 9.17) is 4.84 Å². The molecule has 0 aromatic heterocycles. The van der Waals surface area contributed by atoms with E-state index in [-0.39, 0.29) is 29.1 Å². The minimum atomic E-state index is -5.57. The van der Waals surface area contributed by atoms with Crippen LogP contribution in [0.25, 0.3) is 0 Å². The number of amides is 1. The van der Waals surface area contributed by atoms with Crippen LogP contribution in [0.15, 0.2) is 29.4 Å². The summed E-state index contributed by atoms with van der Waals surface area (Å²) in [6.45, 7) is 2.68. The number of hydrogen-bond acceptors (Lipinski definition) is 5. The number of nitrogens with one attached hydrogen (secondary N) is 1. The zero-order valence-corrected chi connectivity index (χ0v) is 18.1. The zero-order valence-electron chi connectivity index (χ0n) is 17.2. The lowest BCUT2D eigenvalue weighted by molar-refractivity contribution is -0.127. The average Bonchev–Trinajstić information content (AvgIpc) is 3.16. The number of nitrogens with zero attached hydrogens (tertiary/aromatic N) is 2. The molecule has 1 N–H and O–H groups in total. The Bertz CT molecular complexity index is 941. The predicted octanol–water partition coefficient (Wildman–Crippen LogP) is 4.02. The van der Waals surface area contributed by atoms with Gasteiger partial charge in [-0.05, 0) is 37.3 Å². The van der Waals surface area contributed by atoms with Crippen molar-refractivity contribution in [3.63, 3.8) is 0 Å². The van der Waals surface area contributed by atoms with Crippen LogP contribution in [0.1, 0.15) is 51.0 Å². The van der Waals surface area contributed by atoms with Crippen LogP contribution in [-0.4, -0.2) is 43.6 Å². The number of para-hydroxylation sites is 1. The van der Waals surface area contributed by atoms with Gasteiger partial charge in [-0.1, -0.05) is 43.1 Å². The van der Waals surface area contributed by atoms with Crippen molar-refractivity contribution in [1.82, 2.24) is 4.90 Å². The molecule has 172 valence electrons. The van der Waals surface area contributed by atoms with Gasteiger partial charge in [0.15, 0.2) is 5.71 Å². The largest absolute Gasteiger partial charge is 0.516 e. The fraction of sp³-hybridized carbons (Fsp3) is 0.600. The van der Waals surface area contributed by atoms with Crippen molar-refractivity contribution in [3.8, 4) is 0 Å². The summed E-state index contributed by atoms with van der Waals surface area (Å²) in [5.41, 5.74) is -5.35. The van der Waals surface area contributed by atoms with Gasteiger partial charge in [0.25, 0.3) is 5.91 Å². The highest BCUT2D eigenvalue weighted by atomic mass is 32.2. The Kier molecular flexibility index (Phi) is 6.82. The molecule has 11 heteroatoms. The number of anilines is 1. The summed E-state index contributed by atoms with van der Waals surface area (Å²) in [7, 11) is -5.57. The Hall–Kier alpha value is -2.30. The van der Waals surface area contributed by atoms with Gasteiger partial charge in [-0.2, -0.15) is 21.6 Å². The van der Waals surface area contributed by atoms with Gasteiger partial charge in [0.2, 0.25) is 0 Å². The van der Waals surface area contributed by atoms with Crippen LogP contribution in [0.4, 0.5) is 18.9 Å².